The average Bonchev–Trinajstić information content (AvgIpc) is 3.17. The van der Waals surface area contributed by atoms with Crippen LogP contribution in [0, 0.1) is 28.8 Å². The van der Waals surface area contributed by atoms with E-state index in [1.54, 1.807) is 24.6 Å². The summed E-state index contributed by atoms with van der Waals surface area (Å²) in [6, 6.07) is 9.04. The average molecular weight is 501 g/mol. The molecule has 0 saturated carbocycles. The van der Waals surface area contributed by atoms with Gasteiger partial charge >= 0.3 is 0 Å². The molecule has 2 N–H and O–H groups in total. The van der Waals surface area contributed by atoms with E-state index in [-0.39, 0.29) is 29.2 Å². The molecule has 0 aliphatic rings. The molecule has 3 rings (SSSR count). The molecule has 1 aromatic heterocycles. The number of hydrogen-bond acceptors (Lipinski definition) is 7. The van der Waals surface area contributed by atoms with Crippen LogP contribution in [0.5, 0.6) is 0 Å². The Labute approximate surface area is 205 Å². The van der Waals surface area contributed by atoms with Gasteiger partial charge < -0.3 is 15.2 Å². The first-order chi connectivity index (χ1) is 16.6. The fourth-order valence-corrected chi connectivity index (χ4v) is 3.97. The first-order valence-electron chi connectivity index (χ1n) is 10.7. The molecule has 0 bridgehead atoms. The zero-order valence-electron chi connectivity index (χ0n) is 19.6. The van der Waals surface area contributed by atoms with Gasteiger partial charge in [0.05, 0.1) is 22.4 Å². The van der Waals surface area contributed by atoms with E-state index in [1.807, 2.05) is 13.8 Å². The number of anilines is 1. The highest BCUT2D eigenvalue weighted by Crippen LogP contribution is 2.26. The zero-order valence-corrected chi connectivity index (χ0v) is 20.4. The summed E-state index contributed by atoms with van der Waals surface area (Å²) in [5.74, 6) is -0.668. The smallest absolute Gasteiger partial charge is 0.271 e. The molecule has 2 amide bonds. The van der Waals surface area contributed by atoms with Gasteiger partial charge in [-0.3, -0.25) is 19.7 Å². The molecule has 0 radical (unpaired) electrons. The van der Waals surface area contributed by atoms with Crippen LogP contribution in [0.4, 0.5) is 15.8 Å². The van der Waals surface area contributed by atoms with Gasteiger partial charge in [0.15, 0.2) is 11.0 Å². The van der Waals surface area contributed by atoms with Crippen molar-refractivity contribution >= 4 is 35.0 Å². The molecule has 3 aromatic rings. The second-order valence-corrected chi connectivity index (χ2v) is 9.14. The van der Waals surface area contributed by atoms with Crippen molar-refractivity contribution in [2.45, 2.75) is 32.0 Å². The summed E-state index contributed by atoms with van der Waals surface area (Å²) in [6.45, 7) is 5.59. The van der Waals surface area contributed by atoms with Crippen molar-refractivity contribution in [3.05, 3.63) is 75.3 Å². The van der Waals surface area contributed by atoms with Gasteiger partial charge in [-0.15, -0.1) is 10.2 Å². The first kappa shape index (κ1) is 25.8. The van der Waals surface area contributed by atoms with E-state index in [9.17, 15) is 24.1 Å². The third-order valence-electron chi connectivity index (χ3n) is 5.24. The number of benzene rings is 2. The number of nitrogens with zero attached hydrogens (tertiary/aromatic N) is 4. The van der Waals surface area contributed by atoms with Gasteiger partial charge in [-0.25, -0.2) is 4.39 Å². The molecule has 1 atom stereocenters. The van der Waals surface area contributed by atoms with Crippen LogP contribution in [0.3, 0.4) is 0 Å². The molecule has 0 spiro atoms. The second kappa shape index (κ2) is 11.1. The molecule has 0 unspecified atom stereocenters. The maximum Gasteiger partial charge on any atom is 0.271 e. The minimum Gasteiger partial charge on any atom is -0.342 e. The highest BCUT2D eigenvalue weighted by atomic mass is 32.2. The molecular formula is C23H25FN6O4S. The number of thioether (sulfide) groups is 1. The fraction of sp³-hybridized carbons (Fsp3) is 0.304. The molecule has 12 heteroatoms. The Kier molecular flexibility index (Phi) is 8.18. The minimum atomic E-state index is -0.523. The fourth-order valence-electron chi connectivity index (χ4n) is 3.25. The van der Waals surface area contributed by atoms with Crippen molar-refractivity contribution in [2.75, 3.05) is 11.1 Å². The number of nitrogens with one attached hydrogen (secondary N) is 2. The summed E-state index contributed by atoms with van der Waals surface area (Å²) in [5, 5.41) is 25.4. The van der Waals surface area contributed by atoms with Crippen LogP contribution in [-0.2, 0) is 11.8 Å². The number of carbonyl (C=O) groups is 2. The van der Waals surface area contributed by atoms with Crippen molar-refractivity contribution < 1.29 is 18.9 Å². The lowest BCUT2D eigenvalue weighted by molar-refractivity contribution is -0.384. The number of halogens is 1. The number of aromatic nitrogens is 3. The van der Waals surface area contributed by atoms with Crippen molar-refractivity contribution in [3.8, 4) is 0 Å². The SMILES string of the molecule is Cc1ccc([N+](=O)[O-])cc1NC(=O)CSc1nnc([C@@H](NC(=O)c2ccc(F)cc2)C(C)C)n1C. The third-order valence-corrected chi connectivity index (χ3v) is 6.27. The lowest BCUT2D eigenvalue weighted by Crippen LogP contribution is -2.33. The summed E-state index contributed by atoms with van der Waals surface area (Å²) < 4.78 is 14.9. The lowest BCUT2D eigenvalue weighted by Gasteiger charge is -2.21. The Hall–Kier alpha value is -3.80. The molecule has 0 aliphatic carbocycles. The van der Waals surface area contributed by atoms with Crippen LogP contribution in [0.2, 0.25) is 0 Å². The quantitative estimate of drug-likeness (QED) is 0.258. The van der Waals surface area contributed by atoms with Gasteiger partial charge in [-0.05, 0) is 42.7 Å². The molecule has 10 nitrogen and oxygen atoms in total. The monoisotopic (exact) mass is 500 g/mol. The number of nitro benzene ring substituents is 1. The highest BCUT2D eigenvalue weighted by Gasteiger charge is 2.25. The van der Waals surface area contributed by atoms with Crippen molar-refractivity contribution in [3.63, 3.8) is 0 Å². The highest BCUT2D eigenvalue weighted by molar-refractivity contribution is 7.99. The largest absolute Gasteiger partial charge is 0.342 e. The number of aryl methyl sites for hydroxylation is 1. The molecule has 0 saturated heterocycles. The molecule has 184 valence electrons. The summed E-state index contributed by atoms with van der Waals surface area (Å²) in [4.78, 5) is 35.6. The van der Waals surface area contributed by atoms with E-state index in [4.69, 9.17) is 0 Å². The summed E-state index contributed by atoms with van der Waals surface area (Å²) in [6.07, 6.45) is 0. The number of rotatable bonds is 9. The standard InChI is InChI=1S/C23H25FN6O4S/c1-13(2)20(26-22(32)15-6-8-16(24)9-7-15)21-27-28-23(29(21)4)35-12-19(31)25-18-11-17(30(33)34)10-5-14(18)3/h5-11,13,20H,12H2,1-4H3,(H,25,31)(H,26,32)/t20-/m0/s1. The Morgan fingerprint density at radius 1 is 1.17 bits per heavy atom. The van der Waals surface area contributed by atoms with Gasteiger partial charge in [0.2, 0.25) is 5.91 Å². The molecule has 0 fully saturated rings. The normalized spacial score (nSPS) is 11.8. The molecule has 2 aromatic carbocycles. The number of hydrogen-bond donors (Lipinski definition) is 2. The van der Waals surface area contributed by atoms with Gasteiger partial charge in [0.25, 0.3) is 11.6 Å². The van der Waals surface area contributed by atoms with Gasteiger partial charge in [0, 0.05) is 24.7 Å². The van der Waals surface area contributed by atoms with Crippen molar-refractivity contribution in [2.24, 2.45) is 13.0 Å². The summed E-state index contributed by atoms with van der Waals surface area (Å²) >= 11 is 1.15. The van der Waals surface area contributed by atoms with Crippen molar-refractivity contribution in [1.82, 2.24) is 20.1 Å². The van der Waals surface area contributed by atoms with Crippen LogP contribution in [0.15, 0.2) is 47.6 Å². The molecular weight excluding hydrogens is 475 g/mol. The maximum absolute atomic E-state index is 13.2. The van der Waals surface area contributed by atoms with Crippen molar-refractivity contribution in [1.29, 1.82) is 0 Å². The van der Waals surface area contributed by atoms with E-state index in [0.717, 1.165) is 11.8 Å². The van der Waals surface area contributed by atoms with Crippen LogP contribution in [0.25, 0.3) is 0 Å². The number of carbonyl (C=O) groups excluding carboxylic acids is 2. The van der Waals surface area contributed by atoms with E-state index in [1.165, 1.54) is 36.4 Å². The van der Waals surface area contributed by atoms with Gasteiger partial charge in [-0.2, -0.15) is 0 Å². The Balaban J connectivity index is 1.67. The lowest BCUT2D eigenvalue weighted by atomic mass is 10.0. The second-order valence-electron chi connectivity index (χ2n) is 8.20. The van der Waals surface area contributed by atoms with Crippen LogP contribution < -0.4 is 10.6 Å². The first-order valence-corrected chi connectivity index (χ1v) is 11.7. The van der Waals surface area contributed by atoms with Crippen LogP contribution in [-0.4, -0.2) is 37.3 Å². The molecule has 35 heavy (non-hydrogen) atoms. The van der Waals surface area contributed by atoms with Gasteiger partial charge in [0.1, 0.15) is 5.82 Å². The minimum absolute atomic E-state index is 0.00237. The van der Waals surface area contributed by atoms with E-state index in [2.05, 4.69) is 20.8 Å². The Bertz CT molecular complexity index is 1250. The molecule has 1 heterocycles. The Morgan fingerprint density at radius 2 is 1.86 bits per heavy atom. The zero-order chi connectivity index (χ0) is 25.7. The van der Waals surface area contributed by atoms with E-state index < -0.39 is 16.8 Å². The van der Waals surface area contributed by atoms with E-state index in [0.29, 0.717) is 27.8 Å². The third kappa shape index (κ3) is 6.41. The van der Waals surface area contributed by atoms with Crippen LogP contribution in [0.1, 0.15) is 41.6 Å². The maximum atomic E-state index is 13.2. The van der Waals surface area contributed by atoms with E-state index >= 15 is 0 Å². The molecule has 0 aliphatic heterocycles. The number of amides is 2. The number of nitro groups is 1. The summed E-state index contributed by atoms with van der Waals surface area (Å²) in [5.41, 5.74) is 1.28. The van der Waals surface area contributed by atoms with Gasteiger partial charge in [-0.1, -0.05) is 31.7 Å². The number of non-ortho nitro benzene ring substituents is 1. The Morgan fingerprint density at radius 3 is 2.49 bits per heavy atom. The predicted molar refractivity (Wildman–Crippen MR) is 130 cm³/mol. The topological polar surface area (TPSA) is 132 Å². The van der Waals surface area contributed by atoms with Crippen LogP contribution >= 0.6 is 11.8 Å². The predicted octanol–water partition coefficient (Wildman–Crippen LogP) is 4.03. The summed E-state index contributed by atoms with van der Waals surface area (Å²) in [7, 11) is 1.74.